The molecule has 0 saturated carbocycles. The van der Waals surface area contributed by atoms with Crippen LogP contribution in [-0.4, -0.2) is 14.5 Å². The maximum absolute atomic E-state index is 5.58. The van der Waals surface area contributed by atoms with E-state index >= 15 is 0 Å². The van der Waals surface area contributed by atoms with E-state index in [1.54, 1.807) is 6.20 Å². The number of para-hydroxylation sites is 1. The van der Waals surface area contributed by atoms with Crippen LogP contribution < -0.4 is 5.73 Å². The highest BCUT2D eigenvalue weighted by Crippen LogP contribution is 2.25. The highest BCUT2D eigenvalue weighted by atomic mass is 15.1. The molecular formula is C11H10N4. The van der Waals surface area contributed by atoms with Crippen LogP contribution in [0.25, 0.3) is 21.9 Å². The molecule has 4 heteroatoms. The molecule has 0 unspecified atom stereocenters. The number of nitrogens with two attached hydrogens (primary N) is 1. The number of nitrogens with zero attached hydrogens (tertiary/aromatic N) is 3. The van der Waals surface area contributed by atoms with Crippen molar-refractivity contribution in [3.8, 4) is 0 Å². The topological polar surface area (TPSA) is 56.7 Å². The first kappa shape index (κ1) is 8.23. The second kappa shape index (κ2) is 2.70. The molecule has 0 amide bonds. The molecule has 0 atom stereocenters. The molecule has 0 radical (unpaired) electrons. The third-order valence-electron chi connectivity index (χ3n) is 2.66. The van der Waals surface area contributed by atoms with Crippen molar-refractivity contribution in [2.24, 2.45) is 7.05 Å². The van der Waals surface area contributed by atoms with Gasteiger partial charge in [0.2, 0.25) is 5.95 Å². The summed E-state index contributed by atoms with van der Waals surface area (Å²) in [5, 5.41) is 2.21. The van der Waals surface area contributed by atoms with Crippen LogP contribution in [-0.2, 0) is 7.05 Å². The van der Waals surface area contributed by atoms with Crippen molar-refractivity contribution in [1.82, 2.24) is 14.5 Å². The lowest BCUT2D eigenvalue weighted by Gasteiger charge is -1.96. The maximum Gasteiger partial charge on any atom is 0.221 e. The van der Waals surface area contributed by atoms with E-state index in [1.165, 1.54) is 0 Å². The molecule has 74 valence electrons. The molecule has 0 aliphatic carbocycles. The van der Waals surface area contributed by atoms with Gasteiger partial charge in [0.1, 0.15) is 5.65 Å². The van der Waals surface area contributed by atoms with Gasteiger partial charge >= 0.3 is 0 Å². The van der Waals surface area contributed by atoms with Crippen molar-refractivity contribution in [2.75, 3.05) is 5.73 Å². The van der Waals surface area contributed by atoms with E-state index in [1.807, 2.05) is 23.7 Å². The Hall–Kier alpha value is -2.10. The second-order valence-electron chi connectivity index (χ2n) is 3.54. The summed E-state index contributed by atoms with van der Waals surface area (Å²) in [7, 11) is 1.98. The number of aromatic nitrogens is 3. The van der Waals surface area contributed by atoms with Gasteiger partial charge in [-0.25, -0.2) is 4.98 Å². The van der Waals surface area contributed by atoms with Gasteiger partial charge in [-0.3, -0.25) is 0 Å². The first-order chi connectivity index (χ1) is 7.27. The van der Waals surface area contributed by atoms with Gasteiger partial charge in [-0.15, -0.1) is 0 Å². The molecule has 0 fully saturated rings. The van der Waals surface area contributed by atoms with E-state index in [0.717, 1.165) is 21.9 Å². The number of fused-ring (bicyclic) bond motifs is 3. The standard InChI is InChI=1S/C11H10N4/c1-15-9-5-3-2-4-7(9)8-6-13-11(12)14-10(8)15/h2-6H,1H3,(H2,12,13,14). The van der Waals surface area contributed by atoms with Crippen molar-refractivity contribution >= 4 is 27.9 Å². The summed E-state index contributed by atoms with van der Waals surface area (Å²) in [5.74, 6) is 0.313. The monoisotopic (exact) mass is 198 g/mol. The molecule has 15 heavy (non-hydrogen) atoms. The van der Waals surface area contributed by atoms with Gasteiger partial charge in [0, 0.05) is 24.0 Å². The van der Waals surface area contributed by atoms with E-state index < -0.39 is 0 Å². The Morgan fingerprint density at radius 2 is 2.00 bits per heavy atom. The molecule has 0 spiro atoms. The van der Waals surface area contributed by atoms with E-state index in [4.69, 9.17) is 5.73 Å². The summed E-state index contributed by atoms with van der Waals surface area (Å²) in [4.78, 5) is 8.27. The fourth-order valence-corrected chi connectivity index (χ4v) is 1.94. The van der Waals surface area contributed by atoms with Crippen LogP contribution in [0.2, 0.25) is 0 Å². The van der Waals surface area contributed by atoms with Crippen molar-refractivity contribution in [2.45, 2.75) is 0 Å². The minimum absolute atomic E-state index is 0.313. The molecule has 3 rings (SSSR count). The zero-order valence-corrected chi connectivity index (χ0v) is 8.31. The van der Waals surface area contributed by atoms with Crippen LogP contribution in [0.15, 0.2) is 30.5 Å². The number of rotatable bonds is 0. The van der Waals surface area contributed by atoms with Crippen molar-refractivity contribution in [1.29, 1.82) is 0 Å². The summed E-state index contributed by atoms with van der Waals surface area (Å²) < 4.78 is 2.03. The Morgan fingerprint density at radius 1 is 1.20 bits per heavy atom. The third-order valence-corrected chi connectivity index (χ3v) is 2.66. The molecule has 1 aromatic carbocycles. The van der Waals surface area contributed by atoms with Crippen LogP contribution in [0.3, 0.4) is 0 Å². The zero-order chi connectivity index (χ0) is 10.4. The Kier molecular flexibility index (Phi) is 1.48. The summed E-state index contributed by atoms with van der Waals surface area (Å²) in [6.45, 7) is 0. The normalized spacial score (nSPS) is 11.3. The van der Waals surface area contributed by atoms with Gasteiger partial charge in [0.25, 0.3) is 0 Å². The van der Waals surface area contributed by atoms with E-state index in [0.29, 0.717) is 5.95 Å². The molecule has 0 saturated heterocycles. The molecule has 2 heterocycles. The van der Waals surface area contributed by atoms with Gasteiger partial charge in [0.15, 0.2) is 0 Å². The van der Waals surface area contributed by atoms with Gasteiger partial charge in [-0.05, 0) is 6.07 Å². The highest BCUT2D eigenvalue weighted by Gasteiger charge is 2.08. The quantitative estimate of drug-likeness (QED) is 0.598. The number of benzene rings is 1. The predicted molar refractivity (Wildman–Crippen MR) is 60.4 cm³/mol. The largest absolute Gasteiger partial charge is 0.368 e. The zero-order valence-electron chi connectivity index (χ0n) is 8.31. The van der Waals surface area contributed by atoms with Crippen LogP contribution in [0.5, 0.6) is 0 Å². The average Bonchev–Trinajstić information content (AvgIpc) is 2.54. The summed E-state index contributed by atoms with van der Waals surface area (Å²) in [6.07, 6.45) is 1.78. The van der Waals surface area contributed by atoms with Crippen LogP contribution >= 0.6 is 0 Å². The molecule has 4 nitrogen and oxygen atoms in total. The van der Waals surface area contributed by atoms with E-state index in [2.05, 4.69) is 22.1 Å². The first-order valence-electron chi connectivity index (χ1n) is 4.73. The van der Waals surface area contributed by atoms with Crippen molar-refractivity contribution in [3.05, 3.63) is 30.5 Å². The van der Waals surface area contributed by atoms with Gasteiger partial charge in [0.05, 0.1) is 5.52 Å². The summed E-state index contributed by atoms with van der Waals surface area (Å²) in [5.41, 5.74) is 7.60. The Balaban J connectivity index is 2.63. The molecule has 2 N–H and O–H groups in total. The van der Waals surface area contributed by atoms with Gasteiger partial charge in [-0.2, -0.15) is 4.98 Å². The lowest BCUT2D eigenvalue weighted by atomic mass is 10.2. The fourth-order valence-electron chi connectivity index (χ4n) is 1.94. The fraction of sp³-hybridized carbons (Fsp3) is 0.0909. The van der Waals surface area contributed by atoms with Crippen LogP contribution in [0.1, 0.15) is 0 Å². The average molecular weight is 198 g/mol. The molecule has 0 aliphatic heterocycles. The highest BCUT2D eigenvalue weighted by molar-refractivity contribution is 6.06. The number of nitrogen functional groups attached to an aromatic ring is 1. The Labute approximate surface area is 86.4 Å². The van der Waals surface area contributed by atoms with Crippen molar-refractivity contribution in [3.63, 3.8) is 0 Å². The molecule has 0 aliphatic rings. The lowest BCUT2D eigenvalue weighted by molar-refractivity contribution is 0.985. The summed E-state index contributed by atoms with van der Waals surface area (Å²) in [6, 6.07) is 8.15. The minimum Gasteiger partial charge on any atom is -0.368 e. The predicted octanol–water partition coefficient (Wildman–Crippen LogP) is 1.70. The lowest BCUT2D eigenvalue weighted by Crippen LogP contribution is -1.96. The van der Waals surface area contributed by atoms with Gasteiger partial charge in [-0.1, -0.05) is 18.2 Å². The third kappa shape index (κ3) is 1.01. The number of anilines is 1. The van der Waals surface area contributed by atoms with Crippen LogP contribution in [0, 0.1) is 0 Å². The SMILES string of the molecule is Cn1c2ccccc2c2cnc(N)nc21. The number of hydrogen-bond donors (Lipinski definition) is 1. The smallest absolute Gasteiger partial charge is 0.221 e. The summed E-state index contributed by atoms with van der Waals surface area (Å²) >= 11 is 0. The number of aryl methyl sites for hydroxylation is 1. The van der Waals surface area contributed by atoms with E-state index in [9.17, 15) is 0 Å². The number of hydrogen-bond acceptors (Lipinski definition) is 3. The Morgan fingerprint density at radius 3 is 2.87 bits per heavy atom. The second-order valence-corrected chi connectivity index (χ2v) is 3.54. The molecule has 0 bridgehead atoms. The maximum atomic E-state index is 5.58. The minimum atomic E-state index is 0.313. The molecule has 2 aromatic heterocycles. The molecule has 3 aromatic rings. The van der Waals surface area contributed by atoms with Crippen molar-refractivity contribution < 1.29 is 0 Å². The van der Waals surface area contributed by atoms with Crippen LogP contribution in [0.4, 0.5) is 5.95 Å². The van der Waals surface area contributed by atoms with E-state index in [-0.39, 0.29) is 0 Å². The first-order valence-corrected chi connectivity index (χ1v) is 4.73. The Bertz CT molecular complexity index is 654. The molecular weight excluding hydrogens is 188 g/mol. The van der Waals surface area contributed by atoms with Gasteiger partial charge < -0.3 is 10.3 Å².